The van der Waals surface area contributed by atoms with Crippen LogP contribution in [0.4, 0.5) is 11.6 Å². The molecule has 322 valence electrons. The number of terminal acetylenes is 1. The summed E-state index contributed by atoms with van der Waals surface area (Å²) >= 11 is 3.16. The van der Waals surface area contributed by atoms with Crippen molar-refractivity contribution in [3.8, 4) is 45.0 Å². The van der Waals surface area contributed by atoms with Crippen LogP contribution in [-0.4, -0.2) is 103 Å². The minimum Gasteiger partial charge on any atom is -0.495 e. The lowest BCUT2D eigenvalue weighted by atomic mass is 10.1. The van der Waals surface area contributed by atoms with E-state index in [2.05, 4.69) is 56.7 Å². The highest BCUT2D eigenvalue weighted by atomic mass is 32.2. The maximum Gasteiger partial charge on any atom is 0.298 e. The molecule has 0 bridgehead atoms. The first-order chi connectivity index (χ1) is 30.3. The average molecular weight is 903 g/mol. The number of hydrogen-bond acceptors (Lipinski definition) is 15. The van der Waals surface area contributed by atoms with Crippen LogP contribution in [0.2, 0.25) is 0 Å². The Morgan fingerprint density at radius 2 is 1.29 bits per heavy atom. The summed E-state index contributed by atoms with van der Waals surface area (Å²) < 4.78 is 42.8. The zero-order valence-electron chi connectivity index (χ0n) is 34.8. The van der Waals surface area contributed by atoms with Crippen LogP contribution in [0.15, 0.2) is 61.0 Å². The molecule has 4 N–H and O–H groups in total. The number of thiophene rings is 2. The number of benzene rings is 2. The van der Waals surface area contributed by atoms with E-state index < -0.39 is 10.0 Å². The predicted molar refractivity (Wildman–Crippen MR) is 247 cm³/mol. The molecular weight excluding hydrogens is 861 g/mol. The maximum atomic E-state index is 12.2. The summed E-state index contributed by atoms with van der Waals surface area (Å²) in [5.41, 5.74) is 17.4. The van der Waals surface area contributed by atoms with Gasteiger partial charge in [-0.15, -0.1) is 29.1 Å². The first-order valence-corrected chi connectivity index (χ1v) is 23.0. The van der Waals surface area contributed by atoms with Crippen LogP contribution in [0, 0.1) is 26.2 Å². The molecule has 10 rings (SSSR count). The number of rotatable bonds is 8. The Hall–Kier alpha value is -6.66. The molecule has 2 aliphatic rings. The van der Waals surface area contributed by atoms with Crippen molar-refractivity contribution in [3.63, 3.8) is 0 Å². The van der Waals surface area contributed by atoms with E-state index in [0.717, 1.165) is 70.1 Å². The number of carbonyl (C=O) groups is 1. The molecule has 2 fully saturated rings. The molecule has 0 radical (unpaired) electrons. The van der Waals surface area contributed by atoms with Gasteiger partial charge in [-0.3, -0.25) is 4.79 Å². The number of carbonyl (C=O) groups excluding carboxylic acids is 1. The summed E-state index contributed by atoms with van der Waals surface area (Å²) in [4.78, 5) is 32.7. The number of nitrogens with zero attached hydrogens (tertiary/aromatic N) is 10. The molecule has 1 unspecified atom stereocenters. The summed E-state index contributed by atoms with van der Waals surface area (Å²) in [6.45, 7) is 9.26. The van der Waals surface area contributed by atoms with Crippen LogP contribution in [0.1, 0.15) is 36.1 Å². The highest BCUT2D eigenvalue weighted by Crippen LogP contribution is 2.44. The molecule has 2 aromatic carbocycles. The van der Waals surface area contributed by atoms with Crippen molar-refractivity contribution >= 4 is 92.5 Å². The van der Waals surface area contributed by atoms with Crippen molar-refractivity contribution in [3.05, 3.63) is 72.2 Å². The Balaban J connectivity index is 0.000000160. The van der Waals surface area contributed by atoms with Crippen molar-refractivity contribution in [1.29, 1.82) is 0 Å². The smallest absolute Gasteiger partial charge is 0.298 e. The van der Waals surface area contributed by atoms with Gasteiger partial charge in [-0.2, -0.15) is 14.5 Å². The van der Waals surface area contributed by atoms with Gasteiger partial charge in [0.05, 0.1) is 56.2 Å². The van der Waals surface area contributed by atoms with E-state index in [1.807, 2.05) is 30.7 Å². The number of hydrogen-bond donors (Lipinski definition) is 2. The van der Waals surface area contributed by atoms with Gasteiger partial charge in [0.15, 0.2) is 11.3 Å². The zero-order valence-corrected chi connectivity index (χ0v) is 37.2. The van der Waals surface area contributed by atoms with Crippen molar-refractivity contribution in [1.82, 2.24) is 48.7 Å². The normalized spacial score (nSPS) is 16.8. The van der Waals surface area contributed by atoms with Crippen LogP contribution in [0.5, 0.6) is 11.5 Å². The lowest BCUT2D eigenvalue weighted by molar-refractivity contribution is -0.124. The molecule has 0 aliphatic carbocycles. The third-order valence-corrected chi connectivity index (χ3v) is 15.2. The van der Waals surface area contributed by atoms with Gasteiger partial charge in [-0.05, 0) is 78.8 Å². The van der Waals surface area contributed by atoms with Crippen LogP contribution >= 0.6 is 22.7 Å². The Kier molecular flexibility index (Phi) is 10.7. The molecule has 63 heavy (non-hydrogen) atoms. The third-order valence-electron chi connectivity index (χ3n) is 11.4. The summed E-state index contributed by atoms with van der Waals surface area (Å²) in [5.74, 6) is 4.24. The van der Waals surface area contributed by atoms with Gasteiger partial charge in [0.1, 0.15) is 47.2 Å². The topological polar surface area (TPSA) is 215 Å². The van der Waals surface area contributed by atoms with E-state index in [1.54, 1.807) is 46.5 Å². The van der Waals surface area contributed by atoms with E-state index in [1.165, 1.54) is 17.0 Å². The second-order valence-corrected chi connectivity index (χ2v) is 19.3. The average Bonchev–Trinajstić information content (AvgIpc) is 4.13. The Bertz CT molecular complexity index is 3290. The largest absolute Gasteiger partial charge is 0.495 e. The summed E-state index contributed by atoms with van der Waals surface area (Å²) in [5, 5.41) is 14.3. The molecule has 6 aromatic heterocycles. The number of anilines is 2. The number of likely N-dealkylation sites (tertiary alicyclic amines) is 1. The first kappa shape index (κ1) is 41.7. The van der Waals surface area contributed by atoms with Gasteiger partial charge >= 0.3 is 0 Å². The Labute approximate surface area is 370 Å². The molecule has 0 saturated carbocycles. The molecule has 0 spiro atoms. The van der Waals surface area contributed by atoms with Gasteiger partial charge in [-0.25, -0.2) is 37.7 Å². The fourth-order valence-corrected chi connectivity index (χ4v) is 11.6. The molecule has 20 heteroatoms. The molecule has 2 atom stereocenters. The molecule has 8 aromatic rings. The van der Waals surface area contributed by atoms with E-state index in [-0.39, 0.29) is 18.0 Å². The Morgan fingerprint density at radius 3 is 1.76 bits per heavy atom. The van der Waals surface area contributed by atoms with E-state index in [4.69, 9.17) is 37.6 Å². The lowest BCUT2D eigenvalue weighted by Crippen LogP contribution is -2.27. The number of sulfonamides is 1. The van der Waals surface area contributed by atoms with Crippen molar-refractivity contribution in [2.75, 3.05) is 51.9 Å². The van der Waals surface area contributed by atoms with E-state index >= 15 is 0 Å². The third kappa shape index (κ3) is 7.35. The van der Waals surface area contributed by atoms with Gasteiger partial charge < -0.3 is 25.8 Å². The second kappa shape index (κ2) is 16.2. The highest BCUT2D eigenvalue weighted by molar-refractivity contribution is 7.92. The summed E-state index contributed by atoms with van der Waals surface area (Å²) in [6.07, 6.45) is 9.50. The number of fused-ring (bicyclic) bond motifs is 4. The van der Waals surface area contributed by atoms with Crippen LogP contribution < -0.4 is 20.9 Å². The van der Waals surface area contributed by atoms with Gasteiger partial charge in [0.2, 0.25) is 10.0 Å². The van der Waals surface area contributed by atoms with Crippen molar-refractivity contribution < 1.29 is 22.7 Å². The number of methoxy groups -OCH3 is 2. The van der Waals surface area contributed by atoms with Crippen molar-refractivity contribution in [2.24, 2.45) is 0 Å². The summed E-state index contributed by atoms with van der Waals surface area (Å²) in [6, 6.07) is 12.2. The highest BCUT2D eigenvalue weighted by Gasteiger charge is 2.34. The number of ether oxygens (including phenoxy) is 2. The minimum absolute atomic E-state index is 0.0333. The molecule has 1 amide bonds. The quantitative estimate of drug-likeness (QED) is 0.159. The first-order valence-electron chi connectivity index (χ1n) is 19.8. The molecule has 2 saturated heterocycles. The fraction of sp³-hybridized carbons (Fsp3) is 0.279. The predicted octanol–water partition coefficient (Wildman–Crippen LogP) is 6.34. The van der Waals surface area contributed by atoms with Gasteiger partial charge in [0.25, 0.3) is 5.91 Å². The van der Waals surface area contributed by atoms with Gasteiger partial charge in [0, 0.05) is 31.6 Å². The monoisotopic (exact) mass is 902 g/mol. The lowest BCUT2D eigenvalue weighted by Gasteiger charge is -2.14. The summed E-state index contributed by atoms with van der Waals surface area (Å²) in [7, 11) is -0.155. The number of amides is 1. The number of nitrogens with two attached hydrogens (primary N) is 2. The standard InChI is InChI=1S/C22H20N6O2S.C21H22N6O3S2/c1-4-17(29)27-6-5-14(10-27)28-22-18(21(23)24-11-25-22)19(26-28)16-9-13-7-12(2)8-15(30-3)20(13)31-16;1-4-32(28,29)26-6-5-14(10-26)27-21-17(20(22)23-11-24-21)18(25-27)16-9-13-7-12(2)8-15(30-3)19(13)31-16/h1,7-9,11,14H,5-6,10H2,2-3H3,(H2,23,24,25);4,7-9,11,14H,1,5-6,10H2,2-3H3,(H2,22,23,24)/t;14-/m.0/s1. The molecule has 2 aliphatic heterocycles. The molecular formula is C43H42N12O5S3. The van der Waals surface area contributed by atoms with Crippen molar-refractivity contribution in [2.45, 2.75) is 38.8 Å². The van der Waals surface area contributed by atoms with E-state index in [9.17, 15) is 13.2 Å². The number of nitrogen functional groups attached to an aromatic ring is 2. The molecule has 8 heterocycles. The minimum atomic E-state index is -3.49. The SMILES string of the molecule is C#CC(=O)N1CCC(n2nc(-c3cc4cc(C)cc(OC)c4s3)c3c(N)ncnc32)C1.C=CS(=O)(=O)N1CC[C@H](n2nc(-c3cc4cc(C)cc(OC)c4s3)c3c(N)ncnc32)C1. The van der Waals surface area contributed by atoms with Crippen LogP contribution in [0.25, 0.3) is 63.4 Å². The molecule has 17 nitrogen and oxygen atoms in total. The van der Waals surface area contributed by atoms with Crippen LogP contribution in [0.3, 0.4) is 0 Å². The zero-order chi connectivity index (χ0) is 44.3. The second-order valence-electron chi connectivity index (χ2n) is 15.3. The van der Waals surface area contributed by atoms with E-state index in [0.29, 0.717) is 72.0 Å². The van der Waals surface area contributed by atoms with Crippen LogP contribution in [-0.2, 0) is 14.8 Å². The Morgan fingerprint density at radius 1 is 0.794 bits per heavy atom. The number of aryl methyl sites for hydroxylation is 2. The fourth-order valence-electron chi connectivity index (χ4n) is 8.37. The van der Waals surface area contributed by atoms with Gasteiger partial charge in [-0.1, -0.05) is 18.7 Å². The maximum absolute atomic E-state index is 12.2. The number of aromatic nitrogens is 8.